The molecule has 1 aromatic carbocycles. The molecular weight excluding hydrogens is 431 g/mol. The van der Waals surface area contributed by atoms with Crippen molar-refractivity contribution in [2.24, 2.45) is 10.7 Å². The molecule has 8 heteroatoms. The molecule has 7 nitrogen and oxygen atoms in total. The highest BCUT2D eigenvalue weighted by atomic mass is 127. The lowest BCUT2D eigenvalue weighted by Crippen LogP contribution is -2.23. The van der Waals surface area contributed by atoms with Gasteiger partial charge in [-0.05, 0) is 49.2 Å². The molecule has 0 aliphatic carbocycles. The van der Waals surface area contributed by atoms with E-state index in [0.29, 0.717) is 30.5 Å². The molecule has 0 saturated carbocycles. The summed E-state index contributed by atoms with van der Waals surface area (Å²) in [5.41, 5.74) is 9.22. The number of aliphatic imine (C=N–C) groups is 1. The van der Waals surface area contributed by atoms with E-state index < -0.39 is 0 Å². The number of nitrogens with zero attached hydrogens (tertiary/aromatic N) is 3. The van der Waals surface area contributed by atoms with Crippen LogP contribution >= 0.6 is 24.0 Å². The van der Waals surface area contributed by atoms with Gasteiger partial charge in [-0.25, -0.2) is 4.98 Å². The molecule has 2 heterocycles. The summed E-state index contributed by atoms with van der Waals surface area (Å²) < 4.78 is 5.26. The van der Waals surface area contributed by atoms with Gasteiger partial charge in [0.05, 0.1) is 6.26 Å². The lowest BCUT2D eigenvalue weighted by atomic mass is 10.1. The lowest BCUT2D eigenvalue weighted by Gasteiger charge is -2.07. The third-order valence-corrected chi connectivity index (χ3v) is 3.40. The molecule has 0 aliphatic heterocycles. The minimum Gasteiger partial charge on any atom is -0.461 e. The van der Waals surface area contributed by atoms with Crippen LogP contribution in [0.25, 0.3) is 11.6 Å². The second-order valence-corrected chi connectivity index (χ2v) is 5.60. The number of aromatic nitrogens is 3. The van der Waals surface area contributed by atoms with Crippen molar-refractivity contribution in [3.63, 3.8) is 0 Å². The molecule has 0 atom stereocenters. The molecule has 3 rings (SSSR count). The number of rotatable bonds is 5. The van der Waals surface area contributed by atoms with Crippen LogP contribution in [0.5, 0.6) is 0 Å². The zero-order chi connectivity index (χ0) is 16.9. The Bertz CT molecular complexity index is 820. The van der Waals surface area contributed by atoms with E-state index in [2.05, 4.69) is 31.6 Å². The van der Waals surface area contributed by atoms with Crippen molar-refractivity contribution in [2.45, 2.75) is 20.3 Å². The smallest absolute Gasteiger partial charge is 0.216 e. The second-order valence-electron chi connectivity index (χ2n) is 5.60. The first-order chi connectivity index (χ1) is 11.6. The fourth-order valence-corrected chi connectivity index (χ4v) is 2.44. The maximum Gasteiger partial charge on any atom is 0.216 e. The third kappa shape index (κ3) is 5.31. The highest BCUT2D eigenvalue weighted by Crippen LogP contribution is 2.15. The van der Waals surface area contributed by atoms with Gasteiger partial charge < -0.3 is 15.5 Å². The van der Waals surface area contributed by atoms with E-state index >= 15 is 0 Å². The molecule has 25 heavy (non-hydrogen) atoms. The maximum atomic E-state index is 5.93. The van der Waals surface area contributed by atoms with Gasteiger partial charge in [0, 0.05) is 18.7 Å². The van der Waals surface area contributed by atoms with Crippen molar-refractivity contribution in [3.05, 3.63) is 53.5 Å². The number of furan rings is 1. The van der Waals surface area contributed by atoms with Crippen molar-refractivity contribution in [3.8, 4) is 11.6 Å². The number of aryl methyl sites for hydroxylation is 2. The van der Waals surface area contributed by atoms with E-state index in [0.717, 1.165) is 11.5 Å². The van der Waals surface area contributed by atoms with Crippen LogP contribution < -0.4 is 11.1 Å². The first-order valence-electron chi connectivity index (χ1n) is 7.70. The quantitative estimate of drug-likeness (QED) is 0.313. The van der Waals surface area contributed by atoms with Crippen molar-refractivity contribution < 1.29 is 4.42 Å². The Morgan fingerprint density at radius 3 is 2.72 bits per heavy atom. The van der Waals surface area contributed by atoms with Crippen molar-refractivity contribution in [1.82, 2.24) is 15.2 Å². The fraction of sp³-hybridized carbons (Fsp3) is 0.235. The molecule has 0 fully saturated rings. The summed E-state index contributed by atoms with van der Waals surface area (Å²) in [5, 5.41) is 10.1. The highest BCUT2D eigenvalue weighted by Gasteiger charge is 2.07. The van der Waals surface area contributed by atoms with E-state index in [4.69, 9.17) is 10.2 Å². The number of aromatic amines is 1. The van der Waals surface area contributed by atoms with E-state index in [1.165, 1.54) is 11.1 Å². The maximum absolute atomic E-state index is 5.93. The summed E-state index contributed by atoms with van der Waals surface area (Å²) in [6.45, 7) is 4.61. The number of hydrogen-bond acceptors (Lipinski definition) is 4. The summed E-state index contributed by atoms with van der Waals surface area (Å²) in [6, 6.07) is 9.79. The van der Waals surface area contributed by atoms with Crippen LogP contribution in [0.3, 0.4) is 0 Å². The molecule has 3 aromatic rings. The van der Waals surface area contributed by atoms with Gasteiger partial charge in [0.2, 0.25) is 5.82 Å². The van der Waals surface area contributed by atoms with Gasteiger partial charge in [-0.2, -0.15) is 5.10 Å². The standard InChI is InChI=1S/C17H20N6O.HI/c1-11-8-12(2)10-13(9-11)20-17(18)19-6-5-15-21-16(23-22-15)14-4-3-7-24-14;/h3-4,7-10H,5-6H2,1-2H3,(H3,18,19,20)(H,21,22,23);1H. The Kier molecular flexibility index (Phi) is 6.57. The SMILES string of the molecule is Cc1cc(C)cc(NC(N)=NCCc2nc(-c3ccco3)n[nH]2)c1.I. The molecule has 0 bridgehead atoms. The largest absolute Gasteiger partial charge is 0.461 e. The van der Waals surface area contributed by atoms with Gasteiger partial charge in [0.1, 0.15) is 5.82 Å². The summed E-state index contributed by atoms with van der Waals surface area (Å²) >= 11 is 0. The van der Waals surface area contributed by atoms with Crippen LogP contribution in [0.2, 0.25) is 0 Å². The number of nitrogens with one attached hydrogen (secondary N) is 2. The molecule has 0 radical (unpaired) electrons. The van der Waals surface area contributed by atoms with Crippen LogP contribution in [-0.4, -0.2) is 27.7 Å². The predicted octanol–water partition coefficient (Wildman–Crippen LogP) is 3.27. The Balaban J connectivity index is 0.00000225. The summed E-state index contributed by atoms with van der Waals surface area (Å²) in [5.74, 6) is 2.30. The average Bonchev–Trinajstić information content (AvgIpc) is 3.17. The van der Waals surface area contributed by atoms with Crippen LogP contribution in [0.1, 0.15) is 17.0 Å². The monoisotopic (exact) mass is 452 g/mol. The Labute approximate surface area is 163 Å². The Morgan fingerprint density at radius 2 is 2.04 bits per heavy atom. The van der Waals surface area contributed by atoms with Crippen LogP contribution in [0.15, 0.2) is 46.0 Å². The zero-order valence-electron chi connectivity index (χ0n) is 14.1. The lowest BCUT2D eigenvalue weighted by molar-refractivity contribution is 0.577. The summed E-state index contributed by atoms with van der Waals surface area (Å²) in [7, 11) is 0. The number of guanidine groups is 1. The van der Waals surface area contributed by atoms with E-state index in [1.54, 1.807) is 12.3 Å². The molecule has 0 amide bonds. The molecule has 0 unspecified atom stereocenters. The number of benzene rings is 1. The molecule has 4 N–H and O–H groups in total. The van der Waals surface area contributed by atoms with E-state index in [-0.39, 0.29) is 24.0 Å². The van der Waals surface area contributed by atoms with Crippen LogP contribution in [0.4, 0.5) is 5.69 Å². The average molecular weight is 452 g/mol. The topological polar surface area (TPSA) is 105 Å². The van der Waals surface area contributed by atoms with Gasteiger partial charge in [-0.3, -0.25) is 10.1 Å². The van der Waals surface area contributed by atoms with Gasteiger partial charge in [-0.15, -0.1) is 24.0 Å². The minimum atomic E-state index is 0. The number of halogens is 1. The third-order valence-electron chi connectivity index (χ3n) is 3.40. The minimum absolute atomic E-state index is 0. The number of hydrogen-bond donors (Lipinski definition) is 3. The number of nitrogens with two attached hydrogens (primary N) is 1. The van der Waals surface area contributed by atoms with Gasteiger partial charge in [0.25, 0.3) is 0 Å². The number of anilines is 1. The van der Waals surface area contributed by atoms with Gasteiger partial charge >= 0.3 is 0 Å². The summed E-state index contributed by atoms with van der Waals surface area (Å²) in [4.78, 5) is 8.68. The van der Waals surface area contributed by atoms with Gasteiger partial charge in [-0.1, -0.05) is 6.07 Å². The van der Waals surface area contributed by atoms with Crippen molar-refractivity contribution >= 4 is 35.6 Å². The first kappa shape index (κ1) is 19.0. The summed E-state index contributed by atoms with van der Waals surface area (Å²) in [6.07, 6.45) is 2.21. The van der Waals surface area contributed by atoms with Crippen LogP contribution in [-0.2, 0) is 6.42 Å². The first-order valence-corrected chi connectivity index (χ1v) is 7.70. The van der Waals surface area contributed by atoms with Crippen molar-refractivity contribution in [1.29, 1.82) is 0 Å². The highest BCUT2D eigenvalue weighted by molar-refractivity contribution is 14.0. The zero-order valence-corrected chi connectivity index (χ0v) is 16.4. The van der Waals surface area contributed by atoms with Crippen molar-refractivity contribution in [2.75, 3.05) is 11.9 Å². The molecule has 132 valence electrons. The normalized spacial score (nSPS) is 11.2. The van der Waals surface area contributed by atoms with E-state index in [1.807, 2.05) is 32.0 Å². The molecule has 0 spiro atoms. The van der Waals surface area contributed by atoms with Gasteiger partial charge in [0.15, 0.2) is 11.7 Å². The molecular formula is C17H21IN6O. The predicted molar refractivity (Wildman–Crippen MR) is 109 cm³/mol. The number of H-pyrrole nitrogens is 1. The molecule has 0 aliphatic rings. The Morgan fingerprint density at radius 1 is 1.28 bits per heavy atom. The van der Waals surface area contributed by atoms with E-state index in [9.17, 15) is 0 Å². The second kappa shape index (κ2) is 8.65. The van der Waals surface area contributed by atoms with Crippen LogP contribution in [0, 0.1) is 13.8 Å². The molecule has 0 saturated heterocycles. The molecule has 2 aromatic heterocycles. The fourth-order valence-electron chi connectivity index (χ4n) is 2.44. The Hall–Kier alpha value is -2.36.